The summed E-state index contributed by atoms with van der Waals surface area (Å²) in [5.74, 6) is -1.02. The minimum Gasteiger partial charge on any atom is -0.369 e. The highest BCUT2D eigenvalue weighted by Gasteiger charge is 2.53. The van der Waals surface area contributed by atoms with Gasteiger partial charge in [0.05, 0.1) is 22.4 Å². The molecule has 3 rings (SSSR count). The van der Waals surface area contributed by atoms with Gasteiger partial charge in [0, 0.05) is 16.5 Å². The van der Waals surface area contributed by atoms with E-state index in [0.29, 0.717) is 10.6 Å². The molecule has 6 nitrogen and oxygen atoms in total. The highest BCUT2D eigenvalue weighted by Crippen LogP contribution is 2.57. The van der Waals surface area contributed by atoms with E-state index in [1.54, 1.807) is 0 Å². The summed E-state index contributed by atoms with van der Waals surface area (Å²) in [6, 6.07) is 2.31. The van der Waals surface area contributed by atoms with Crippen molar-refractivity contribution >= 4 is 34.9 Å². The Hall–Kier alpha value is -1.85. The van der Waals surface area contributed by atoms with Crippen molar-refractivity contribution in [1.29, 1.82) is 5.26 Å². The van der Waals surface area contributed by atoms with Crippen LogP contribution in [-0.2, 0) is 9.59 Å². The quantitative estimate of drug-likeness (QED) is 0.853. The van der Waals surface area contributed by atoms with E-state index >= 15 is 0 Å². The molecule has 2 aliphatic rings. The fourth-order valence-corrected chi connectivity index (χ4v) is 5.54. The van der Waals surface area contributed by atoms with Crippen molar-refractivity contribution in [1.82, 2.24) is 10.3 Å². The van der Waals surface area contributed by atoms with E-state index in [1.165, 1.54) is 11.3 Å². The summed E-state index contributed by atoms with van der Waals surface area (Å²) >= 11 is 2.61. The molecule has 8 heteroatoms. The first kappa shape index (κ1) is 17.0. The summed E-state index contributed by atoms with van der Waals surface area (Å²) in [5, 5.41) is 15.8. The lowest BCUT2D eigenvalue weighted by atomic mass is 9.67. The summed E-state index contributed by atoms with van der Waals surface area (Å²) < 4.78 is 0. The van der Waals surface area contributed by atoms with Gasteiger partial charge in [-0.3, -0.25) is 9.59 Å². The van der Waals surface area contributed by atoms with Gasteiger partial charge in [0.1, 0.15) is 10.9 Å². The van der Waals surface area contributed by atoms with Crippen LogP contribution in [0.5, 0.6) is 0 Å². The van der Waals surface area contributed by atoms with Crippen LogP contribution < -0.4 is 11.1 Å². The summed E-state index contributed by atoms with van der Waals surface area (Å²) in [6.45, 7) is 1.90. The van der Waals surface area contributed by atoms with E-state index < -0.39 is 17.2 Å². The summed E-state index contributed by atoms with van der Waals surface area (Å²) in [7, 11) is 0. The maximum atomic E-state index is 12.9. The summed E-state index contributed by atoms with van der Waals surface area (Å²) in [5.41, 5.74) is 6.15. The van der Waals surface area contributed by atoms with Crippen molar-refractivity contribution in [2.24, 2.45) is 11.1 Å². The molecule has 1 spiro atoms. The number of thiazole rings is 1. The zero-order chi connectivity index (χ0) is 17.3. The van der Waals surface area contributed by atoms with Gasteiger partial charge >= 0.3 is 0 Å². The minimum atomic E-state index is -0.513. The zero-order valence-corrected chi connectivity index (χ0v) is 14.9. The van der Waals surface area contributed by atoms with Gasteiger partial charge in [0.25, 0.3) is 0 Å². The van der Waals surface area contributed by atoms with Crippen LogP contribution in [0.2, 0.25) is 0 Å². The topological polar surface area (TPSA) is 109 Å². The van der Waals surface area contributed by atoms with E-state index in [4.69, 9.17) is 5.73 Å². The van der Waals surface area contributed by atoms with Crippen LogP contribution in [0.4, 0.5) is 0 Å². The molecule has 0 aromatic carbocycles. The average molecular weight is 362 g/mol. The Morgan fingerprint density at radius 2 is 2.29 bits per heavy atom. The first-order valence-electron chi connectivity index (χ1n) is 7.77. The number of allylic oxidation sites excluding steroid dienone is 1. The molecule has 0 saturated heterocycles. The number of thioether (sulfide) groups is 1. The number of aromatic nitrogens is 1. The number of nitrogens with zero attached hydrogens (tertiary/aromatic N) is 2. The molecule has 0 unspecified atom stereocenters. The lowest BCUT2D eigenvalue weighted by Crippen LogP contribution is -2.45. The molecule has 1 aromatic rings. The van der Waals surface area contributed by atoms with Crippen molar-refractivity contribution in [3.63, 3.8) is 0 Å². The molecule has 2 heterocycles. The number of amides is 2. The van der Waals surface area contributed by atoms with Gasteiger partial charge < -0.3 is 11.1 Å². The number of nitriles is 1. The second-order valence-corrected chi connectivity index (χ2v) is 8.06. The zero-order valence-electron chi connectivity index (χ0n) is 13.3. The second kappa shape index (κ2) is 6.57. The monoisotopic (exact) mass is 362 g/mol. The van der Waals surface area contributed by atoms with E-state index in [2.05, 4.69) is 16.4 Å². The molecule has 3 N–H and O–H groups in total. The van der Waals surface area contributed by atoms with Crippen molar-refractivity contribution < 1.29 is 9.59 Å². The first-order valence-corrected chi connectivity index (χ1v) is 9.63. The molecule has 1 aliphatic heterocycles. The largest absolute Gasteiger partial charge is 0.369 e. The Morgan fingerprint density at radius 3 is 2.83 bits per heavy atom. The number of nitrogens with two attached hydrogens (primary N) is 1. The van der Waals surface area contributed by atoms with Gasteiger partial charge in [-0.05, 0) is 19.8 Å². The molecular weight excluding hydrogens is 344 g/mol. The molecule has 1 fully saturated rings. The number of nitrogens with one attached hydrogen (secondary N) is 1. The van der Waals surface area contributed by atoms with E-state index in [-0.39, 0.29) is 11.7 Å². The Bertz CT molecular complexity index is 756. The Morgan fingerprint density at radius 1 is 1.58 bits per heavy atom. The lowest BCUT2D eigenvalue weighted by Gasteiger charge is -2.40. The molecule has 2 amide bonds. The van der Waals surface area contributed by atoms with Crippen LogP contribution in [0.3, 0.4) is 0 Å². The highest BCUT2D eigenvalue weighted by atomic mass is 32.2. The van der Waals surface area contributed by atoms with Gasteiger partial charge in [0.15, 0.2) is 0 Å². The van der Waals surface area contributed by atoms with Crippen molar-refractivity contribution in [3.8, 4) is 6.07 Å². The molecule has 0 bridgehead atoms. The number of aryl methyl sites for hydroxylation is 1. The third-order valence-corrected chi connectivity index (χ3v) is 6.68. The van der Waals surface area contributed by atoms with E-state index in [1.807, 2.05) is 12.3 Å². The van der Waals surface area contributed by atoms with Gasteiger partial charge in [-0.1, -0.05) is 24.6 Å². The van der Waals surface area contributed by atoms with Crippen LogP contribution >= 0.6 is 23.1 Å². The number of hydrogen-bond acceptors (Lipinski definition) is 6. The molecule has 0 radical (unpaired) electrons. The van der Waals surface area contributed by atoms with Crippen LogP contribution in [0, 0.1) is 23.7 Å². The maximum Gasteiger partial charge on any atom is 0.235 e. The Kier molecular flexibility index (Phi) is 4.65. The molecule has 1 aromatic heterocycles. The maximum absolute atomic E-state index is 12.9. The standard InChI is InChI=1S/C16H18N4O2S2/c1-9-7-23-15(19-9)12-13(22)20-14(24-8-11(18)21)10(6-17)16(12)4-2-3-5-16/h7,12H,2-5,8H2,1H3,(H2,18,21)(H,20,22)/t12-/m0/s1. The third kappa shape index (κ3) is 2.82. The van der Waals surface area contributed by atoms with Crippen LogP contribution in [0.25, 0.3) is 0 Å². The van der Waals surface area contributed by atoms with Crippen molar-refractivity contribution in [3.05, 3.63) is 26.7 Å². The SMILES string of the molecule is Cc1csc([C@@H]2C(=O)NC(SCC(N)=O)=C(C#N)C23CCCC3)n1. The van der Waals surface area contributed by atoms with Gasteiger partial charge in [-0.25, -0.2) is 4.98 Å². The molecule has 1 saturated carbocycles. The first-order chi connectivity index (χ1) is 11.5. The third-order valence-electron chi connectivity index (χ3n) is 4.63. The van der Waals surface area contributed by atoms with Crippen molar-refractivity contribution in [2.45, 2.75) is 38.5 Å². The Labute approximate surface area is 148 Å². The van der Waals surface area contributed by atoms with Crippen LogP contribution in [-0.4, -0.2) is 22.6 Å². The van der Waals surface area contributed by atoms with E-state index in [9.17, 15) is 14.9 Å². The number of hydrogen-bond donors (Lipinski definition) is 2. The van der Waals surface area contributed by atoms with Gasteiger partial charge in [-0.2, -0.15) is 5.26 Å². The van der Waals surface area contributed by atoms with Crippen LogP contribution in [0.15, 0.2) is 16.0 Å². The molecule has 24 heavy (non-hydrogen) atoms. The highest BCUT2D eigenvalue weighted by molar-refractivity contribution is 8.03. The molecule has 1 atom stereocenters. The predicted octanol–water partition coefficient (Wildman–Crippen LogP) is 2.18. The molecular formula is C16H18N4O2S2. The summed E-state index contributed by atoms with van der Waals surface area (Å²) in [4.78, 5) is 28.5. The smallest absolute Gasteiger partial charge is 0.235 e. The number of primary amides is 1. The second-order valence-electron chi connectivity index (χ2n) is 6.18. The number of rotatable bonds is 4. The fourth-order valence-electron chi connectivity index (χ4n) is 3.68. The minimum absolute atomic E-state index is 0.0396. The number of carbonyl (C=O) groups excluding carboxylic acids is 2. The van der Waals surface area contributed by atoms with Crippen molar-refractivity contribution in [2.75, 3.05) is 5.75 Å². The van der Waals surface area contributed by atoms with Gasteiger partial charge in [0.2, 0.25) is 11.8 Å². The van der Waals surface area contributed by atoms with E-state index in [0.717, 1.165) is 48.1 Å². The normalized spacial score (nSPS) is 22.5. The Balaban J connectivity index is 2.08. The van der Waals surface area contributed by atoms with Crippen LogP contribution in [0.1, 0.15) is 42.3 Å². The summed E-state index contributed by atoms with van der Waals surface area (Å²) in [6.07, 6.45) is 3.53. The predicted molar refractivity (Wildman–Crippen MR) is 92.9 cm³/mol. The number of carbonyl (C=O) groups is 2. The van der Waals surface area contributed by atoms with Gasteiger partial charge in [-0.15, -0.1) is 11.3 Å². The molecule has 1 aliphatic carbocycles. The fraction of sp³-hybridized carbons (Fsp3) is 0.500. The molecule has 126 valence electrons. The lowest BCUT2D eigenvalue weighted by molar-refractivity contribution is -0.125. The average Bonchev–Trinajstić information content (AvgIpc) is 3.15.